The van der Waals surface area contributed by atoms with Gasteiger partial charge in [0.15, 0.2) is 0 Å². The maximum Gasteiger partial charge on any atom is 0.407 e. The topological polar surface area (TPSA) is 41.6 Å². The molecular weight excluding hydrogens is 300 g/mol. The van der Waals surface area contributed by atoms with Crippen LogP contribution in [0.1, 0.15) is 26.3 Å². The van der Waals surface area contributed by atoms with E-state index in [1.54, 1.807) is 0 Å². The minimum absolute atomic E-state index is 0.397. The van der Waals surface area contributed by atoms with Crippen LogP contribution in [0.4, 0.5) is 10.5 Å². The molecule has 0 aromatic heterocycles. The van der Waals surface area contributed by atoms with Gasteiger partial charge in [0.1, 0.15) is 5.60 Å². The van der Waals surface area contributed by atoms with Crippen molar-refractivity contribution in [2.45, 2.75) is 32.9 Å². The number of amides is 1. The van der Waals surface area contributed by atoms with Crippen LogP contribution < -0.4 is 10.2 Å². The number of nitrogens with one attached hydrogen (secondary N) is 1. The summed E-state index contributed by atoms with van der Waals surface area (Å²) in [6.45, 7) is 6.00. The second kappa shape index (κ2) is 7.39. The fraction of sp³-hybridized carbons (Fsp3) is 0.350. The minimum atomic E-state index is -0.480. The Labute approximate surface area is 144 Å². The zero-order valence-corrected chi connectivity index (χ0v) is 15.1. The Bertz CT molecular complexity index is 668. The largest absolute Gasteiger partial charge is 0.444 e. The number of alkyl carbamates (subject to hydrolysis) is 1. The van der Waals surface area contributed by atoms with Crippen molar-refractivity contribution in [3.05, 3.63) is 54.1 Å². The second-order valence-electron chi connectivity index (χ2n) is 6.99. The fourth-order valence-electron chi connectivity index (χ4n) is 2.26. The normalized spacial score (nSPS) is 11.0. The molecule has 0 fully saturated rings. The van der Waals surface area contributed by atoms with E-state index in [-0.39, 0.29) is 0 Å². The van der Waals surface area contributed by atoms with Crippen molar-refractivity contribution >= 4 is 11.8 Å². The Morgan fingerprint density at radius 2 is 1.46 bits per heavy atom. The lowest BCUT2D eigenvalue weighted by Gasteiger charge is -2.19. The second-order valence-corrected chi connectivity index (χ2v) is 6.99. The molecule has 0 aliphatic carbocycles. The van der Waals surface area contributed by atoms with Gasteiger partial charge in [-0.2, -0.15) is 0 Å². The molecule has 0 radical (unpaired) electrons. The molecule has 0 saturated carbocycles. The van der Waals surface area contributed by atoms with Crippen molar-refractivity contribution in [3.8, 4) is 11.1 Å². The molecule has 2 aromatic rings. The first kappa shape index (κ1) is 17.9. The molecule has 0 atom stereocenters. The van der Waals surface area contributed by atoms with E-state index < -0.39 is 11.7 Å². The number of hydrogen-bond donors (Lipinski definition) is 1. The Balaban J connectivity index is 1.96. The van der Waals surface area contributed by atoms with Gasteiger partial charge in [-0.25, -0.2) is 4.79 Å². The Morgan fingerprint density at radius 1 is 0.958 bits per heavy atom. The Kier molecular flexibility index (Phi) is 5.50. The molecule has 4 nitrogen and oxygen atoms in total. The van der Waals surface area contributed by atoms with E-state index in [2.05, 4.69) is 46.6 Å². The molecule has 0 spiro atoms. The number of anilines is 1. The summed E-state index contributed by atoms with van der Waals surface area (Å²) in [6, 6.07) is 16.6. The maximum absolute atomic E-state index is 11.7. The summed E-state index contributed by atoms with van der Waals surface area (Å²) in [6.07, 6.45) is -0.397. The van der Waals surface area contributed by atoms with Gasteiger partial charge in [0, 0.05) is 26.3 Å². The van der Waals surface area contributed by atoms with Gasteiger partial charge in [0.05, 0.1) is 0 Å². The molecule has 128 valence electrons. The van der Waals surface area contributed by atoms with Gasteiger partial charge in [-0.3, -0.25) is 0 Å². The summed E-state index contributed by atoms with van der Waals surface area (Å²) < 4.78 is 5.23. The Morgan fingerprint density at radius 3 is 1.92 bits per heavy atom. The van der Waals surface area contributed by atoms with Gasteiger partial charge in [-0.05, 0) is 49.6 Å². The summed E-state index contributed by atoms with van der Waals surface area (Å²) in [7, 11) is 4.06. The Hall–Kier alpha value is -2.49. The first-order valence-electron chi connectivity index (χ1n) is 8.08. The molecule has 24 heavy (non-hydrogen) atoms. The van der Waals surface area contributed by atoms with Gasteiger partial charge < -0.3 is 15.0 Å². The van der Waals surface area contributed by atoms with E-state index in [4.69, 9.17) is 4.74 Å². The molecule has 0 unspecified atom stereocenters. The molecule has 2 rings (SSSR count). The van der Waals surface area contributed by atoms with Crippen LogP contribution in [0.2, 0.25) is 0 Å². The van der Waals surface area contributed by atoms with Crippen LogP contribution in [0.5, 0.6) is 0 Å². The molecule has 0 aliphatic rings. The minimum Gasteiger partial charge on any atom is -0.444 e. The molecular formula is C20H26N2O2. The van der Waals surface area contributed by atoms with Crippen LogP contribution in [0, 0.1) is 0 Å². The third-order valence-electron chi connectivity index (χ3n) is 3.51. The number of carbonyl (C=O) groups is 1. The molecule has 4 heteroatoms. The summed E-state index contributed by atoms with van der Waals surface area (Å²) in [5, 5.41) is 2.77. The average molecular weight is 326 g/mol. The van der Waals surface area contributed by atoms with E-state index >= 15 is 0 Å². The number of nitrogens with zero attached hydrogens (tertiary/aromatic N) is 1. The molecule has 0 bridgehead atoms. The quantitative estimate of drug-likeness (QED) is 0.903. The predicted molar refractivity (Wildman–Crippen MR) is 99.3 cm³/mol. The van der Waals surface area contributed by atoms with Gasteiger partial charge >= 0.3 is 6.09 Å². The van der Waals surface area contributed by atoms with Crippen molar-refractivity contribution in [1.29, 1.82) is 0 Å². The van der Waals surface area contributed by atoms with Crippen molar-refractivity contribution in [2.75, 3.05) is 19.0 Å². The van der Waals surface area contributed by atoms with E-state index in [9.17, 15) is 4.79 Å². The standard InChI is InChI=1S/C20H26N2O2/c1-20(2,3)24-19(23)21-14-15-6-8-16(9-7-15)17-10-12-18(13-11-17)22(4)5/h6-13H,14H2,1-5H3,(H,21,23). The van der Waals surface area contributed by atoms with Crippen LogP contribution >= 0.6 is 0 Å². The summed E-state index contributed by atoms with van der Waals surface area (Å²) in [5.74, 6) is 0. The zero-order valence-electron chi connectivity index (χ0n) is 15.1. The van der Waals surface area contributed by atoms with Crippen molar-refractivity contribution in [3.63, 3.8) is 0 Å². The first-order valence-corrected chi connectivity index (χ1v) is 8.08. The lowest BCUT2D eigenvalue weighted by molar-refractivity contribution is 0.0523. The zero-order chi connectivity index (χ0) is 17.7. The highest BCUT2D eigenvalue weighted by Crippen LogP contribution is 2.22. The molecule has 2 aromatic carbocycles. The monoisotopic (exact) mass is 326 g/mol. The number of rotatable bonds is 4. The molecule has 1 amide bonds. The van der Waals surface area contributed by atoms with Crippen molar-refractivity contribution in [2.24, 2.45) is 0 Å². The number of carbonyl (C=O) groups excluding carboxylic acids is 1. The first-order chi connectivity index (χ1) is 11.2. The molecule has 0 heterocycles. The summed E-state index contributed by atoms with van der Waals surface area (Å²) >= 11 is 0. The highest BCUT2D eigenvalue weighted by Gasteiger charge is 2.15. The van der Waals surface area contributed by atoms with Crippen LogP contribution in [0.15, 0.2) is 48.5 Å². The van der Waals surface area contributed by atoms with Crippen LogP contribution in [0.25, 0.3) is 11.1 Å². The highest BCUT2D eigenvalue weighted by atomic mass is 16.6. The molecule has 0 aliphatic heterocycles. The summed E-state index contributed by atoms with van der Waals surface area (Å²) in [5.41, 5.74) is 4.06. The van der Waals surface area contributed by atoms with E-state index in [1.165, 1.54) is 11.3 Å². The maximum atomic E-state index is 11.7. The lowest BCUT2D eigenvalue weighted by atomic mass is 10.0. The van der Waals surface area contributed by atoms with Crippen molar-refractivity contribution < 1.29 is 9.53 Å². The number of ether oxygens (including phenoxy) is 1. The smallest absolute Gasteiger partial charge is 0.407 e. The van der Waals surface area contributed by atoms with E-state index in [1.807, 2.05) is 47.0 Å². The molecule has 0 saturated heterocycles. The fourth-order valence-corrected chi connectivity index (χ4v) is 2.26. The van der Waals surface area contributed by atoms with Gasteiger partial charge in [0.25, 0.3) is 0 Å². The molecule has 1 N–H and O–H groups in total. The van der Waals surface area contributed by atoms with Crippen LogP contribution in [0.3, 0.4) is 0 Å². The van der Waals surface area contributed by atoms with Gasteiger partial charge in [0.2, 0.25) is 0 Å². The van der Waals surface area contributed by atoms with Crippen LogP contribution in [-0.2, 0) is 11.3 Å². The van der Waals surface area contributed by atoms with Crippen LogP contribution in [-0.4, -0.2) is 25.8 Å². The third-order valence-corrected chi connectivity index (χ3v) is 3.51. The number of hydrogen-bond acceptors (Lipinski definition) is 3. The lowest BCUT2D eigenvalue weighted by Crippen LogP contribution is -2.32. The number of benzene rings is 2. The summed E-state index contributed by atoms with van der Waals surface area (Å²) in [4.78, 5) is 13.7. The SMILES string of the molecule is CN(C)c1ccc(-c2ccc(CNC(=O)OC(C)(C)C)cc2)cc1. The third kappa shape index (κ3) is 5.30. The average Bonchev–Trinajstić information content (AvgIpc) is 2.52. The van der Waals surface area contributed by atoms with Gasteiger partial charge in [-0.1, -0.05) is 36.4 Å². The van der Waals surface area contributed by atoms with Crippen molar-refractivity contribution in [1.82, 2.24) is 5.32 Å². The highest BCUT2D eigenvalue weighted by molar-refractivity contribution is 5.68. The van der Waals surface area contributed by atoms with E-state index in [0.29, 0.717) is 6.54 Å². The van der Waals surface area contributed by atoms with E-state index in [0.717, 1.165) is 11.1 Å². The van der Waals surface area contributed by atoms with Gasteiger partial charge in [-0.15, -0.1) is 0 Å². The predicted octanol–water partition coefficient (Wildman–Crippen LogP) is 4.44.